The summed E-state index contributed by atoms with van der Waals surface area (Å²) in [6, 6.07) is 15.4. The van der Waals surface area contributed by atoms with Crippen molar-refractivity contribution < 1.29 is 13.9 Å². The second-order valence-electron chi connectivity index (χ2n) is 6.83. The molecule has 3 rings (SSSR count). The lowest BCUT2D eigenvalue weighted by atomic mass is 9.90. The van der Waals surface area contributed by atoms with Crippen molar-refractivity contribution in [3.05, 3.63) is 59.9 Å². The van der Waals surface area contributed by atoms with Crippen LogP contribution in [0.15, 0.2) is 48.5 Å². The Hall–Kier alpha value is -2.75. The van der Waals surface area contributed by atoms with Gasteiger partial charge < -0.3 is 15.8 Å². The van der Waals surface area contributed by atoms with Crippen LogP contribution < -0.4 is 11.1 Å². The van der Waals surface area contributed by atoms with Crippen LogP contribution >= 0.6 is 0 Å². The van der Waals surface area contributed by atoms with Crippen LogP contribution in [0, 0.1) is 17.1 Å². The molecule has 1 amide bonds. The summed E-state index contributed by atoms with van der Waals surface area (Å²) >= 11 is 0. The Balaban J connectivity index is 1.63. The normalized spacial score (nSPS) is 16.9. The molecule has 0 bridgehead atoms. The van der Waals surface area contributed by atoms with Crippen molar-refractivity contribution >= 4 is 5.91 Å². The lowest BCUT2D eigenvalue weighted by Crippen LogP contribution is -2.58. The fourth-order valence-electron chi connectivity index (χ4n) is 3.10. The number of nitriles is 1. The van der Waals surface area contributed by atoms with E-state index in [0.29, 0.717) is 32.5 Å². The maximum absolute atomic E-state index is 13.0. The van der Waals surface area contributed by atoms with Crippen LogP contribution in [-0.4, -0.2) is 30.7 Å². The Bertz CT molecular complexity index is 822. The van der Waals surface area contributed by atoms with E-state index in [4.69, 9.17) is 10.5 Å². The molecule has 1 saturated heterocycles. The van der Waals surface area contributed by atoms with Gasteiger partial charge in [0.05, 0.1) is 11.6 Å². The molecule has 2 aromatic rings. The molecule has 1 unspecified atom stereocenters. The standard InChI is InChI=1S/C21H22FN3O2/c22-18-7-5-17(6-8-18)16-3-1-15(2-4-16)13-19(14-23)25-20(26)21(24)9-11-27-12-10-21/h1-8,19H,9-13,24H2,(H,25,26). The van der Waals surface area contributed by atoms with Gasteiger partial charge in [-0.1, -0.05) is 36.4 Å². The Labute approximate surface area is 157 Å². The summed E-state index contributed by atoms with van der Waals surface area (Å²) in [5, 5.41) is 12.2. The zero-order valence-corrected chi connectivity index (χ0v) is 15.0. The number of benzene rings is 2. The van der Waals surface area contributed by atoms with Gasteiger partial charge in [0, 0.05) is 19.6 Å². The third-order valence-corrected chi connectivity index (χ3v) is 4.87. The predicted molar refractivity (Wildman–Crippen MR) is 100 cm³/mol. The van der Waals surface area contributed by atoms with E-state index in [1.165, 1.54) is 12.1 Å². The lowest BCUT2D eigenvalue weighted by molar-refractivity contribution is -0.130. The number of carbonyl (C=O) groups is 1. The fourth-order valence-corrected chi connectivity index (χ4v) is 3.10. The zero-order chi connectivity index (χ0) is 19.3. The number of carbonyl (C=O) groups excluding carboxylic acids is 1. The van der Waals surface area contributed by atoms with Crippen LogP contribution in [0.2, 0.25) is 0 Å². The van der Waals surface area contributed by atoms with Crippen molar-refractivity contribution in [1.82, 2.24) is 5.32 Å². The molecule has 27 heavy (non-hydrogen) atoms. The van der Waals surface area contributed by atoms with Crippen molar-refractivity contribution in [3.8, 4) is 17.2 Å². The van der Waals surface area contributed by atoms with E-state index in [-0.39, 0.29) is 11.7 Å². The first-order valence-electron chi connectivity index (χ1n) is 8.92. The first kappa shape index (κ1) is 19.0. The summed E-state index contributed by atoms with van der Waals surface area (Å²) in [7, 11) is 0. The summed E-state index contributed by atoms with van der Waals surface area (Å²) in [5.41, 5.74) is 7.99. The molecule has 1 atom stereocenters. The van der Waals surface area contributed by atoms with E-state index in [1.54, 1.807) is 12.1 Å². The zero-order valence-electron chi connectivity index (χ0n) is 15.0. The van der Waals surface area contributed by atoms with Gasteiger partial charge in [0.15, 0.2) is 0 Å². The largest absolute Gasteiger partial charge is 0.381 e. The Kier molecular flexibility index (Phi) is 5.84. The monoisotopic (exact) mass is 367 g/mol. The van der Waals surface area contributed by atoms with Gasteiger partial charge in [-0.05, 0) is 41.7 Å². The minimum Gasteiger partial charge on any atom is -0.381 e. The average Bonchev–Trinajstić information content (AvgIpc) is 2.69. The van der Waals surface area contributed by atoms with Crippen LogP contribution in [0.25, 0.3) is 11.1 Å². The number of hydrogen-bond acceptors (Lipinski definition) is 4. The number of amides is 1. The minimum atomic E-state index is -0.972. The van der Waals surface area contributed by atoms with E-state index >= 15 is 0 Å². The molecule has 5 nitrogen and oxygen atoms in total. The number of rotatable bonds is 5. The van der Waals surface area contributed by atoms with Gasteiger partial charge in [0.2, 0.25) is 5.91 Å². The van der Waals surface area contributed by atoms with E-state index in [9.17, 15) is 14.4 Å². The SMILES string of the molecule is N#CC(Cc1ccc(-c2ccc(F)cc2)cc1)NC(=O)C1(N)CCOCC1. The smallest absolute Gasteiger partial charge is 0.241 e. The average molecular weight is 367 g/mol. The quantitative estimate of drug-likeness (QED) is 0.850. The van der Waals surface area contributed by atoms with E-state index in [2.05, 4.69) is 11.4 Å². The number of nitrogens with one attached hydrogen (secondary N) is 1. The minimum absolute atomic E-state index is 0.273. The number of halogens is 1. The molecule has 0 spiro atoms. The molecule has 1 aliphatic heterocycles. The first-order chi connectivity index (χ1) is 13.0. The highest BCUT2D eigenvalue weighted by molar-refractivity contribution is 5.86. The summed E-state index contributed by atoms with van der Waals surface area (Å²) in [5.74, 6) is -0.578. The molecule has 6 heteroatoms. The number of nitrogens with two attached hydrogens (primary N) is 1. The summed E-state index contributed by atoms with van der Waals surface area (Å²) in [6.07, 6.45) is 1.28. The third kappa shape index (κ3) is 4.70. The molecular weight excluding hydrogens is 345 g/mol. The van der Waals surface area contributed by atoms with Gasteiger partial charge in [-0.15, -0.1) is 0 Å². The molecule has 0 aromatic heterocycles. The molecular formula is C21H22FN3O2. The van der Waals surface area contributed by atoms with Crippen LogP contribution in [0.3, 0.4) is 0 Å². The van der Waals surface area contributed by atoms with E-state index in [1.807, 2.05) is 24.3 Å². The van der Waals surface area contributed by atoms with Gasteiger partial charge in [0.25, 0.3) is 0 Å². The molecule has 1 aliphatic rings. The summed E-state index contributed by atoms with van der Waals surface area (Å²) in [6.45, 7) is 0.901. The number of nitrogens with zero attached hydrogens (tertiary/aromatic N) is 1. The highest BCUT2D eigenvalue weighted by atomic mass is 19.1. The Morgan fingerprint density at radius 1 is 1.15 bits per heavy atom. The molecule has 1 heterocycles. The molecule has 3 N–H and O–H groups in total. The van der Waals surface area contributed by atoms with Crippen LogP contribution in [0.5, 0.6) is 0 Å². The second kappa shape index (κ2) is 8.30. The highest BCUT2D eigenvalue weighted by Crippen LogP contribution is 2.21. The van der Waals surface area contributed by atoms with Crippen molar-refractivity contribution in [2.45, 2.75) is 30.8 Å². The van der Waals surface area contributed by atoms with Gasteiger partial charge in [-0.25, -0.2) is 4.39 Å². The van der Waals surface area contributed by atoms with Gasteiger partial charge >= 0.3 is 0 Å². The Morgan fingerprint density at radius 3 is 2.26 bits per heavy atom. The first-order valence-corrected chi connectivity index (χ1v) is 8.92. The van der Waals surface area contributed by atoms with Crippen molar-refractivity contribution in [2.24, 2.45) is 5.73 Å². The van der Waals surface area contributed by atoms with E-state index in [0.717, 1.165) is 16.7 Å². The maximum Gasteiger partial charge on any atom is 0.241 e. The summed E-state index contributed by atoms with van der Waals surface area (Å²) in [4.78, 5) is 12.5. The highest BCUT2D eigenvalue weighted by Gasteiger charge is 2.36. The maximum atomic E-state index is 13.0. The van der Waals surface area contributed by atoms with Gasteiger partial charge in [-0.2, -0.15) is 5.26 Å². The molecule has 140 valence electrons. The molecule has 0 saturated carbocycles. The fraction of sp³-hybridized carbons (Fsp3) is 0.333. The van der Waals surface area contributed by atoms with Crippen LogP contribution in [-0.2, 0) is 16.0 Å². The van der Waals surface area contributed by atoms with Crippen molar-refractivity contribution in [2.75, 3.05) is 13.2 Å². The summed E-state index contributed by atoms with van der Waals surface area (Å²) < 4.78 is 18.3. The van der Waals surface area contributed by atoms with Crippen molar-refractivity contribution in [3.63, 3.8) is 0 Å². The number of ether oxygens (including phenoxy) is 1. The van der Waals surface area contributed by atoms with E-state index < -0.39 is 11.6 Å². The van der Waals surface area contributed by atoms with Gasteiger partial charge in [-0.3, -0.25) is 4.79 Å². The topological polar surface area (TPSA) is 88.1 Å². The Morgan fingerprint density at radius 2 is 1.70 bits per heavy atom. The lowest BCUT2D eigenvalue weighted by Gasteiger charge is -2.32. The second-order valence-corrected chi connectivity index (χ2v) is 6.83. The molecule has 0 radical (unpaired) electrons. The van der Waals surface area contributed by atoms with Gasteiger partial charge in [0.1, 0.15) is 11.9 Å². The van der Waals surface area contributed by atoms with Crippen LogP contribution in [0.4, 0.5) is 4.39 Å². The molecule has 0 aliphatic carbocycles. The molecule has 2 aromatic carbocycles. The van der Waals surface area contributed by atoms with Crippen molar-refractivity contribution in [1.29, 1.82) is 5.26 Å². The number of hydrogen-bond donors (Lipinski definition) is 2. The molecule has 1 fully saturated rings. The third-order valence-electron chi connectivity index (χ3n) is 4.87. The predicted octanol–water partition coefficient (Wildman–Crippen LogP) is 2.55. The van der Waals surface area contributed by atoms with Crippen LogP contribution in [0.1, 0.15) is 18.4 Å².